The van der Waals surface area contributed by atoms with Gasteiger partial charge in [-0.15, -0.1) is 11.3 Å². The number of carbonyl (C=O) groups is 1. The second-order valence-electron chi connectivity index (χ2n) is 5.65. The summed E-state index contributed by atoms with van der Waals surface area (Å²) in [7, 11) is 0. The average Bonchev–Trinajstić information content (AvgIpc) is 2.89. The highest BCUT2D eigenvalue weighted by Crippen LogP contribution is 2.39. The van der Waals surface area contributed by atoms with Gasteiger partial charge in [-0.2, -0.15) is 0 Å². The summed E-state index contributed by atoms with van der Waals surface area (Å²) in [5.41, 5.74) is 0.479. The summed E-state index contributed by atoms with van der Waals surface area (Å²) in [6.07, 6.45) is 4.99. The van der Waals surface area contributed by atoms with E-state index in [4.69, 9.17) is 4.74 Å². The van der Waals surface area contributed by atoms with Crippen molar-refractivity contribution in [1.82, 2.24) is 4.98 Å². The summed E-state index contributed by atoms with van der Waals surface area (Å²) < 4.78 is 4.98. The first-order valence-corrected chi connectivity index (χ1v) is 8.12. The van der Waals surface area contributed by atoms with Crippen molar-refractivity contribution < 1.29 is 9.53 Å². The van der Waals surface area contributed by atoms with Crippen LogP contribution in [0.5, 0.6) is 0 Å². The summed E-state index contributed by atoms with van der Waals surface area (Å²) in [5.74, 6) is 1.90. The van der Waals surface area contributed by atoms with Gasteiger partial charge in [-0.25, -0.2) is 9.78 Å². The lowest BCUT2D eigenvalue weighted by atomic mass is 9.77. The summed E-state index contributed by atoms with van der Waals surface area (Å²) in [4.78, 5) is 16.1. The van der Waals surface area contributed by atoms with E-state index in [1.807, 2.05) is 12.3 Å². The molecule has 0 atom stereocenters. The zero-order valence-electron chi connectivity index (χ0n) is 12.0. The van der Waals surface area contributed by atoms with Crippen LogP contribution in [0.3, 0.4) is 0 Å². The Bertz CT molecular complexity index is 420. The Morgan fingerprint density at radius 1 is 1.42 bits per heavy atom. The number of carbonyl (C=O) groups excluding carboxylic acids is 1. The lowest BCUT2D eigenvalue weighted by Gasteiger charge is -2.29. The molecule has 106 valence electrons. The van der Waals surface area contributed by atoms with E-state index in [0.29, 0.717) is 18.2 Å². The van der Waals surface area contributed by atoms with Crippen LogP contribution in [0.25, 0.3) is 0 Å². The molecular formula is C15H23NO2S. The van der Waals surface area contributed by atoms with E-state index in [1.165, 1.54) is 25.7 Å². The number of nitrogens with zero attached hydrogens (tertiary/aromatic N) is 1. The van der Waals surface area contributed by atoms with Gasteiger partial charge in [-0.1, -0.05) is 13.8 Å². The van der Waals surface area contributed by atoms with Crippen LogP contribution in [-0.2, 0) is 4.74 Å². The zero-order valence-corrected chi connectivity index (χ0v) is 12.8. The highest BCUT2D eigenvalue weighted by molar-refractivity contribution is 7.09. The summed E-state index contributed by atoms with van der Waals surface area (Å²) >= 11 is 1.61. The Morgan fingerprint density at radius 3 is 2.68 bits per heavy atom. The molecule has 0 N–H and O–H groups in total. The molecule has 1 aliphatic rings. The fourth-order valence-corrected chi connectivity index (χ4v) is 3.77. The van der Waals surface area contributed by atoms with Gasteiger partial charge in [-0.05, 0) is 44.4 Å². The van der Waals surface area contributed by atoms with Gasteiger partial charge in [0.1, 0.15) is 0 Å². The quantitative estimate of drug-likeness (QED) is 0.774. The highest BCUT2D eigenvalue weighted by atomic mass is 32.1. The maximum Gasteiger partial charge on any atom is 0.357 e. The monoisotopic (exact) mass is 281 g/mol. The van der Waals surface area contributed by atoms with Crippen LogP contribution >= 0.6 is 11.3 Å². The first-order chi connectivity index (χ1) is 9.11. The van der Waals surface area contributed by atoms with Gasteiger partial charge in [0, 0.05) is 11.3 Å². The van der Waals surface area contributed by atoms with Gasteiger partial charge in [0.2, 0.25) is 0 Å². The van der Waals surface area contributed by atoms with Crippen LogP contribution in [0.4, 0.5) is 0 Å². The third-order valence-electron chi connectivity index (χ3n) is 4.07. The summed E-state index contributed by atoms with van der Waals surface area (Å²) in [6, 6.07) is 0. The van der Waals surface area contributed by atoms with Crippen LogP contribution in [-0.4, -0.2) is 17.6 Å². The lowest BCUT2D eigenvalue weighted by Crippen LogP contribution is -2.17. The first kappa shape index (κ1) is 14.5. The molecule has 1 aromatic heterocycles. The molecule has 4 heteroatoms. The van der Waals surface area contributed by atoms with Crippen molar-refractivity contribution in [2.24, 2.45) is 11.8 Å². The molecule has 0 spiro atoms. The van der Waals surface area contributed by atoms with Gasteiger partial charge in [0.25, 0.3) is 0 Å². The van der Waals surface area contributed by atoms with Gasteiger partial charge >= 0.3 is 5.97 Å². The molecule has 1 saturated carbocycles. The number of rotatable bonds is 4. The fraction of sp³-hybridized carbons (Fsp3) is 0.733. The molecule has 0 aliphatic heterocycles. The lowest BCUT2D eigenvalue weighted by molar-refractivity contribution is 0.0520. The standard InChI is InChI=1S/C15H23NO2S/c1-4-18-15(17)13-9-19-14(16-13)12-7-5-11(6-8-12)10(2)3/h9-12H,4-8H2,1-3H3. The largest absolute Gasteiger partial charge is 0.461 e. The van der Waals surface area contributed by atoms with Crippen molar-refractivity contribution in [2.75, 3.05) is 6.61 Å². The third kappa shape index (κ3) is 3.56. The molecule has 0 unspecified atom stereocenters. The number of ether oxygens (including phenoxy) is 1. The van der Waals surface area contributed by atoms with Crippen LogP contribution in [0.1, 0.15) is 67.9 Å². The van der Waals surface area contributed by atoms with Crippen molar-refractivity contribution in [2.45, 2.75) is 52.4 Å². The molecule has 0 aromatic carbocycles. The molecule has 0 bridgehead atoms. The molecule has 0 saturated heterocycles. The van der Waals surface area contributed by atoms with E-state index in [2.05, 4.69) is 18.8 Å². The molecular weight excluding hydrogens is 258 g/mol. The highest BCUT2D eigenvalue weighted by Gasteiger charge is 2.26. The molecule has 3 nitrogen and oxygen atoms in total. The predicted molar refractivity (Wildman–Crippen MR) is 77.6 cm³/mol. The minimum atomic E-state index is -0.291. The second kappa shape index (κ2) is 6.51. The molecule has 19 heavy (non-hydrogen) atoms. The molecule has 1 aromatic rings. The van der Waals surface area contributed by atoms with E-state index in [9.17, 15) is 4.79 Å². The SMILES string of the molecule is CCOC(=O)c1csc(C2CCC(C(C)C)CC2)n1. The number of esters is 1. The minimum Gasteiger partial charge on any atom is -0.461 e. The Kier molecular flexibility index (Phi) is 4.97. The van der Waals surface area contributed by atoms with Gasteiger partial charge in [0.15, 0.2) is 5.69 Å². The number of thiazole rings is 1. The Labute approximate surface area is 119 Å². The van der Waals surface area contributed by atoms with Crippen LogP contribution < -0.4 is 0 Å². The maximum atomic E-state index is 11.6. The molecule has 2 rings (SSSR count). The molecule has 0 amide bonds. The van der Waals surface area contributed by atoms with Gasteiger partial charge in [0.05, 0.1) is 11.6 Å². The summed E-state index contributed by atoms with van der Waals surface area (Å²) in [6.45, 7) is 6.85. The number of aromatic nitrogens is 1. The van der Waals surface area contributed by atoms with E-state index in [1.54, 1.807) is 11.3 Å². The second-order valence-corrected chi connectivity index (χ2v) is 6.54. The first-order valence-electron chi connectivity index (χ1n) is 7.24. The smallest absolute Gasteiger partial charge is 0.357 e. The molecule has 0 radical (unpaired) electrons. The Hall–Kier alpha value is -0.900. The predicted octanol–water partition coefficient (Wildman–Crippen LogP) is 4.25. The molecule has 1 heterocycles. The van der Waals surface area contributed by atoms with Crippen LogP contribution in [0, 0.1) is 11.8 Å². The van der Waals surface area contributed by atoms with Crippen molar-refractivity contribution in [3.63, 3.8) is 0 Å². The third-order valence-corrected chi connectivity index (χ3v) is 5.08. The molecule has 1 fully saturated rings. The number of hydrogen-bond donors (Lipinski definition) is 0. The van der Waals surface area contributed by atoms with Crippen LogP contribution in [0.2, 0.25) is 0 Å². The fourth-order valence-electron chi connectivity index (χ4n) is 2.81. The van der Waals surface area contributed by atoms with E-state index < -0.39 is 0 Å². The van der Waals surface area contributed by atoms with E-state index in [0.717, 1.165) is 16.8 Å². The Morgan fingerprint density at radius 2 is 2.11 bits per heavy atom. The molecule has 1 aliphatic carbocycles. The minimum absolute atomic E-state index is 0.291. The summed E-state index contributed by atoms with van der Waals surface area (Å²) in [5, 5.41) is 2.95. The van der Waals surface area contributed by atoms with Crippen LogP contribution in [0.15, 0.2) is 5.38 Å². The van der Waals surface area contributed by atoms with Crippen molar-refractivity contribution in [3.05, 3.63) is 16.1 Å². The van der Waals surface area contributed by atoms with Gasteiger partial charge < -0.3 is 4.74 Å². The van der Waals surface area contributed by atoms with E-state index in [-0.39, 0.29) is 5.97 Å². The van der Waals surface area contributed by atoms with E-state index >= 15 is 0 Å². The zero-order chi connectivity index (χ0) is 13.8. The normalized spacial score (nSPS) is 23.6. The topological polar surface area (TPSA) is 39.2 Å². The maximum absolute atomic E-state index is 11.6. The van der Waals surface area contributed by atoms with Gasteiger partial charge in [-0.3, -0.25) is 0 Å². The Balaban J connectivity index is 1.95. The van der Waals surface area contributed by atoms with Crippen molar-refractivity contribution >= 4 is 17.3 Å². The average molecular weight is 281 g/mol. The van der Waals surface area contributed by atoms with Crippen molar-refractivity contribution in [3.8, 4) is 0 Å². The number of hydrogen-bond acceptors (Lipinski definition) is 4. The van der Waals surface area contributed by atoms with Crippen molar-refractivity contribution in [1.29, 1.82) is 0 Å².